The van der Waals surface area contributed by atoms with E-state index < -0.39 is 0 Å². The lowest BCUT2D eigenvalue weighted by molar-refractivity contribution is -0.128. The summed E-state index contributed by atoms with van der Waals surface area (Å²) in [5.74, 6) is -0.203. The number of benzene rings is 2. The summed E-state index contributed by atoms with van der Waals surface area (Å²) in [7, 11) is 0. The molecule has 1 unspecified atom stereocenters. The second kappa shape index (κ2) is 10.4. The molecule has 0 aromatic heterocycles. The lowest BCUT2D eigenvalue weighted by Crippen LogP contribution is -2.44. The molecule has 1 atom stereocenters. The number of hydrogen-bond acceptors (Lipinski definition) is 3. The van der Waals surface area contributed by atoms with Crippen molar-refractivity contribution < 1.29 is 9.59 Å². The Morgan fingerprint density at radius 2 is 1.67 bits per heavy atom. The van der Waals surface area contributed by atoms with E-state index in [1.54, 1.807) is 0 Å². The molecular formula is C22H29N3O2. The number of hydrazine groups is 1. The SMILES string of the molecule is Cc1ccc(NCC(=O)NNC(=O)CC(C)CCc2ccccc2)c(C)c1. The highest BCUT2D eigenvalue weighted by Crippen LogP contribution is 2.15. The number of aryl methyl sites for hydroxylation is 3. The van der Waals surface area contributed by atoms with E-state index in [-0.39, 0.29) is 24.3 Å². The lowest BCUT2D eigenvalue weighted by Gasteiger charge is -2.13. The largest absolute Gasteiger partial charge is 0.376 e. The number of rotatable bonds is 8. The molecule has 0 fully saturated rings. The number of anilines is 1. The molecule has 5 heteroatoms. The molecule has 0 aliphatic carbocycles. The monoisotopic (exact) mass is 367 g/mol. The quantitative estimate of drug-likeness (QED) is 0.625. The first-order valence-electron chi connectivity index (χ1n) is 9.37. The first-order valence-corrected chi connectivity index (χ1v) is 9.37. The Labute approximate surface area is 161 Å². The first kappa shape index (κ1) is 20.5. The molecule has 0 saturated carbocycles. The lowest BCUT2D eigenvalue weighted by atomic mass is 9.98. The minimum Gasteiger partial charge on any atom is -0.376 e. The van der Waals surface area contributed by atoms with Gasteiger partial charge in [-0.1, -0.05) is 55.0 Å². The highest BCUT2D eigenvalue weighted by molar-refractivity contribution is 5.84. The maximum absolute atomic E-state index is 12.0. The van der Waals surface area contributed by atoms with Gasteiger partial charge in [-0.2, -0.15) is 0 Å². The van der Waals surface area contributed by atoms with Crippen molar-refractivity contribution in [3.63, 3.8) is 0 Å². The van der Waals surface area contributed by atoms with Crippen LogP contribution in [0.25, 0.3) is 0 Å². The van der Waals surface area contributed by atoms with Crippen LogP contribution in [0.15, 0.2) is 48.5 Å². The minimum absolute atomic E-state index is 0.105. The highest BCUT2D eigenvalue weighted by atomic mass is 16.2. The molecule has 2 aromatic rings. The van der Waals surface area contributed by atoms with Crippen molar-refractivity contribution in [2.45, 2.75) is 40.0 Å². The van der Waals surface area contributed by atoms with E-state index >= 15 is 0 Å². The molecule has 0 heterocycles. The van der Waals surface area contributed by atoms with Gasteiger partial charge in [-0.05, 0) is 49.8 Å². The fraction of sp³-hybridized carbons (Fsp3) is 0.364. The van der Waals surface area contributed by atoms with Crippen LogP contribution in [0.2, 0.25) is 0 Å². The summed E-state index contributed by atoms with van der Waals surface area (Å²) in [5, 5.41) is 3.08. The second-order valence-corrected chi connectivity index (χ2v) is 7.10. The molecule has 0 bridgehead atoms. The maximum Gasteiger partial charge on any atom is 0.257 e. The summed E-state index contributed by atoms with van der Waals surface area (Å²) in [6.45, 7) is 6.17. The normalized spacial score (nSPS) is 11.5. The summed E-state index contributed by atoms with van der Waals surface area (Å²) in [4.78, 5) is 23.9. The van der Waals surface area contributed by atoms with Crippen LogP contribution in [-0.2, 0) is 16.0 Å². The fourth-order valence-corrected chi connectivity index (χ4v) is 2.90. The van der Waals surface area contributed by atoms with E-state index in [9.17, 15) is 9.59 Å². The average molecular weight is 367 g/mol. The molecule has 144 valence electrons. The van der Waals surface area contributed by atoms with Crippen molar-refractivity contribution in [3.05, 3.63) is 65.2 Å². The smallest absolute Gasteiger partial charge is 0.257 e. The Kier molecular flexibility index (Phi) is 7.86. The summed E-state index contributed by atoms with van der Waals surface area (Å²) in [5.41, 5.74) is 9.40. The van der Waals surface area contributed by atoms with Crippen molar-refractivity contribution in [2.24, 2.45) is 5.92 Å². The summed E-state index contributed by atoms with van der Waals surface area (Å²) < 4.78 is 0. The zero-order valence-electron chi connectivity index (χ0n) is 16.3. The zero-order chi connectivity index (χ0) is 19.6. The molecular weight excluding hydrogens is 338 g/mol. The molecule has 5 nitrogen and oxygen atoms in total. The number of hydrogen-bond donors (Lipinski definition) is 3. The molecule has 2 aromatic carbocycles. The number of carbonyl (C=O) groups is 2. The molecule has 0 aliphatic heterocycles. The Hall–Kier alpha value is -2.82. The van der Waals surface area contributed by atoms with Gasteiger partial charge in [0.25, 0.3) is 5.91 Å². The third-order valence-corrected chi connectivity index (χ3v) is 4.47. The van der Waals surface area contributed by atoms with Crippen molar-refractivity contribution in [3.8, 4) is 0 Å². The van der Waals surface area contributed by atoms with Gasteiger partial charge >= 0.3 is 0 Å². The van der Waals surface area contributed by atoms with Gasteiger partial charge in [0.1, 0.15) is 0 Å². The second-order valence-electron chi connectivity index (χ2n) is 7.10. The molecule has 0 spiro atoms. The first-order chi connectivity index (χ1) is 12.9. The molecule has 0 aliphatic rings. The van der Waals surface area contributed by atoms with E-state index in [1.807, 2.05) is 51.1 Å². The molecule has 27 heavy (non-hydrogen) atoms. The van der Waals surface area contributed by atoms with E-state index in [0.717, 1.165) is 24.1 Å². The van der Waals surface area contributed by atoms with Crippen LogP contribution in [0.1, 0.15) is 36.5 Å². The van der Waals surface area contributed by atoms with Gasteiger partial charge in [0.05, 0.1) is 6.54 Å². The van der Waals surface area contributed by atoms with Gasteiger partial charge in [-0.15, -0.1) is 0 Å². The summed E-state index contributed by atoms with van der Waals surface area (Å²) in [6.07, 6.45) is 2.26. The van der Waals surface area contributed by atoms with Crippen molar-refractivity contribution in [2.75, 3.05) is 11.9 Å². The van der Waals surface area contributed by atoms with Crippen molar-refractivity contribution in [1.82, 2.24) is 10.9 Å². The van der Waals surface area contributed by atoms with Crippen LogP contribution in [-0.4, -0.2) is 18.4 Å². The van der Waals surface area contributed by atoms with Gasteiger partial charge in [0.15, 0.2) is 0 Å². The summed E-state index contributed by atoms with van der Waals surface area (Å²) >= 11 is 0. The van der Waals surface area contributed by atoms with E-state index in [4.69, 9.17) is 0 Å². The molecule has 3 N–H and O–H groups in total. The standard InChI is InChI=1S/C22H29N3O2/c1-16-10-12-20(18(3)13-16)23-15-22(27)25-24-21(26)14-17(2)9-11-19-7-5-4-6-8-19/h4-8,10,12-13,17,23H,9,11,14-15H2,1-3H3,(H,24,26)(H,25,27). The highest BCUT2D eigenvalue weighted by Gasteiger charge is 2.10. The Morgan fingerprint density at radius 3 is 2.37 bits per heavy atom. The van der Waals surface area contributed by atoms with Crippen LogP contribution in [0, 0.1) is 19.8 Å². The average Bonchev–Trinajstić information content (AvgIpc) is 2.65. The Balaban J connectivity index is 1.64. The van der Waals surface area contributed by atoms with Crippen molar-refractivity contribution in [1.29, 1.82) is 0 Å². The van der Waals surface area contributed by atoms with Gasteiger partial charge in [0, 0.05) is 12.1 Å². The predicted octanol–water partition coefficient (Wildman–Crippen LogP) is 3.52. The van der Waals surface area contributed by atoms with Gasteiger partial charge in [0.2, 0.25) is 5.91 Å². The van der Waals surface area contributed by atoms with Gasteiger partial charge < -0.3 is 5.32 Å². The maximum atomic E-state index is 12.0. The molecule has 2 rings (SSSR count). The number of nitrogens with one attached hydrogen (secondary N) is 3. The number of carbonyl (C=O) groups excluding carboxylic acids is 2. The van der Waals surface area contributed by atoms with Crippen LogP contribution in [0.3, 0.4) is 0 Å². The topological polar surface area (TPSA) is 70.2 Å². The van der Waals surface area contributed by atoms with Crippen LogP contribution < -0.4 is 16.2 Å². The third-order valence-electron chi connectivity index (χ3n) is 4.47. The van der Waals surface area contributed by atoms with Crippen LogP contribution in [0.5, 0.6) is 0 Å². The van der Waals surface area contributed by atoms with E-state index in [0.29, 0.717) is 6.42 Å². The van der Waals surface area contributed by atoms with Crippen LogP contribution >= 0.6 is 0 Å². The fourth-order valence-electron chi connectivity index (χ4n) is 2.90. The third kappa shape index (κ3) is 7.52. The van der Waals surface area contributed by atoms with E-state index in [2.05, 4.69) is 34.4 Å². The van der Waals surface area contributed by atoms with Gasteiger partial charge in [-0.3, -0.25) is 20.4 Å². The van der Waals surface area contributed by atoms with Crippen LogP contribution in [0.4, 0.5) is 5.69 Å². The zero-order valence-corrected chi connectivity index (χ0v) is 16.3. The number of amides is 2. The molecule has 0 saturated heterocycles. The summed E-state index contributed by atoms with van der Waals surface area (Å²) in [6, 6.07) is 16.2. The predicted molar refractivity (Wildman–Crippen MR) is 109 cm³/mol. The molecule has 0 radical (unpaired) electrons. The Bertz CT molecular complexity index is 759. The van der Waals surface area contributed by atoms with E-state index in [1.165, 1.54) is 11.1 Å². The van der Waals surface area contributed by atoms with Crippen molar-refractivity contribution >= 4 is 17.5 Å². The molecule has 2 amide bonds. The minimum atomic E-state index is -0.278. The van der Waals surface area contributed by atoms with Gasteiger partial charge in [-0.25, -0.2) is 0 Å². The Morgan fingerprint density at radius 1 is 0.963 bits per heavy atom.